The smallest absolute Gasteiger partial charge is 0.331 e. The van der Waals surface area contributed by atoms with Crippen LogP contribution >= 0.6 is 11.6 Å². The van der Waals surface area contributed by atoms with Crippen LogP contribution in [0.2, 0.25) is 5.02 Å². The van der Waals surface area contributed by atoms with E-state index in [4.69, 9.17) is 25.8 Å². The van der Waals surface area contributed by atoms with Gasteiger partial charge in [0.05, 0.1) is 18.7 Å². The van der Waals surface area contributed by atoms with Gasteiger partial charge in [0.2, 0.25) is 0 Å². The fourth-order valence-electron chi connectivity index (χ4n) is 2.68. The SMILES string of the molecule is CCOc1cc(/C=C/C(=O)OCC(=O)Nc2c(C)cccc2C)cc(Cl)c1OC. The summed E-state index contributed by atoms with van der Waals surface area (Å²) in [6.07, 6.45) is 2.75. The molecule has 0 atom stereocenters. The van der Waals surface area contributed by atoms with Gasteiger partial charge in [-0.15, -0.1) is 0 Å². The molecule has 0 aromatic heterocycles. The number of benzene rings is 2. The molecule has 2 aromatic rings. The highest BCUT2D eigenvalue weighted by atomic mass is 35.5. The van der Waals surface area contributed by atoms with Crippen molar-refractivity contribution in [1.82, 2.24) is 0 Å². The van der Waals surface area contributed by atoms with Crippen LogP contribution < -0.4 is 14.8 Å². The van der Waals surface area contributed by atoms with E-state index in [-0.39, 0.29) is 6.61 Å². The van der Waals surface area contributed by atoms with Gasteiger partial charge in [0, 0.05) is 11.8 Å². The highest BCUT2D eigenvalue weighted by molar-refractivity contribution is 6.32. The third-order valence-corrected chi connectivity index (χ3v) is 4.32. The van der Waals surface area contributed by atoms with Crippen LogP contribution in [-0.4, -0.2) is 32.2 Å². The molecule has 0 saturated heterocycles. The number of amides is 1. The zero-order chi connectivity index (χ0) is 21.4. The van der Waals surface area contributed by atoms with Crippen molar-refractivity contribution in [3.8, 4) is 11.5 Å². The zero-order valence-electron chi connectivity index (χ0n) is 16.9. The molecular weight excluding hydrogens is 394 g/mol. The van der Waals surface area contributed by atoms with E-state index < -0.39 is 11.9 Å². The number of hydrogen-bond donors (Lipinski definition) is 1. The number of esters is 1. The highest BCUT2D eigenvalue weighted by Crippen LogP contribution is 2.36. The summed E-state index contributed by atoms with van der Waals surface area (Å²) >= 11 is 6.18. The molecule has 0 aliphatic rings. The van der Waals surface area contributed by atoms with Gasteiger partial charge < -0.3 is 19.5 Å². The van der Waals surface area contributed by atoms with Crippen molar-refractivity contribution in [3.63, 3.8) is 0 Å². The lowest BCUT2D eigenvalue weighted by Gasteiger charge is -2.12. The number of aryl methyl sites for hydroxylation is 2. The monoisotopic (exact) mass is 417 g/mol. The van der Waals surface area contributed by atoms with Crippen molar-refractivity contribution in [3.05, 3.63) is 58.1 Å². The molecule has 2 aromatic carbocycles. The summed E-state index contributed by atoms with van der Waals surface area (Å²) in [5.74, 6) is -0.151. The van der Waals surface area contributed by atoms with Crippen LogP contribution in [0.4, 0.5) is 5.69 Å². The second kappa shape index (κ2) is 10.5. The standard InChI is InChI=1S/C22H24ClNO5/c1-5-28-18-12-16(11-17(23)22(18)27-4)9-10-20(26)29-13-19(25)24-21-14(2)7-6-8-15(21)3/h6-12H,5,13H2,1-4H3,(H,24,25)/b10-9+. The number of hydrogen-bond acceptors (Lipinski definition) is 5. The molecule has 0 saturated carbocycles. The quantitative estimate of drug-likeness (QED) is 0.503. The molecule has 0 spiro atoms. The summed E-state index contributed by atoms with van der Waals surface area (Å²) in [4.78, 5) is 24.0. The number of anilines is 1. The maximum absolute atomic E-state index is 12.1. The van der Waals surface area contributed by atoms with E-state index in [1.807, 2.05) is 39.0 Å². The third-order valence-electron chi connectivity index (χ3n) is 4.04. The molecule has 0 radical (unpaired) electrons. The first-order valence-electron chi connectivity index (χ1n) is 9.07. The Bertz CT molecular complexity index is 903. The summed E-state index contributed by atoms with van der Waals surface area (Å²) in [6.45, 7) is 5.69. The third kappa shape index (κ3) is 6.26. The molecule has 0 unspecified atom stereocenters. The van der Waals surface area contributed by atoms with Crippen molar-refractivity contribution in [1.29, 1.82) is 0 Å². The molecule has 29 heavy (non-hydrogen) atoms. The van der Waals surface area contributed by atoms with Crippen LogP contribution in [0.25, 0.3) is 6.08 Å². The minimum Gasteiger partial charge on any atom is -0.491 e. The van der Waals surface area contributed by atoms with Crippen molar-refractivity contribution < 1.29 is 23.8 Å². The Kier molecular flexibility index (Phi) is 8.09. The Morgan fingerprint density at radius 1 is 1.17 bits per heavy atom. The molecule has 6 nitrogen and oxygen atoms in total. The van der Waals surface area contributed by atoms with Crippen LogP contribution in [0.3, 0.4) is 0 Å². The predicted octanol–water partition coefficient (Wildman–Crippen LogP) is 4.56. The van der Waals surface area contributed by atoms with Gasteiger partial charge in [0.15, 0.2) is 18.1 Å². The second-order valence-electron chi connectivity index (χ2n) is 6.22. The molecule has 0 bridgehead atoms. The average Bonchev–Trinajstić information content (AvgIpc) is 2.68. The largest absolute Gasteiger partial charge is 0.491 e. The summed E-state index contributed by atoms with van der Waals surface area (Å²) in [5, 5.41) is 3.12. The van der Waals surface area contributed by atoms with E-state index in [2.05, 4.69) is 5.32 Å². The lowest BCUT2D eigenvalue weighted by Crippen LogP contribution is -2.21. The molecule has 0 aliphatic heterocycles. The minimum absolute atomic E-state index is 0.361. The Hall–Kier alpha value is -2.99. The van der Waals surface area contributed by atoms with Crippen molar-refractivity contribution in [2.24, 2.45) is 0 Å². The molecule has 154 valence electrons. The maximum atomic E-state index is 12.1. The van der Waals surface area contributed by atoms with Crippen LogP contribution in [0.15, 0.2) is 36.4 Å². The Morgan fingerprint density at radius 3 is 2.48 bits per heavy atom. The van der Waals surface area contributed by atoms with E-state index in [1.54, 1.807) is 12.1 Å². The van der Waals surface area contributed by atoms with Crippen LogP contribution in [-0.2, 0) is 14.3 Å². The Labute approximate surface area is 175 Å². The van der Waals surface area contributed by atoms with Crippen LogP contribution in [0.5, 0.6) is 11.5 Å². The number of nitrogens with one attached hydrogen (secondary N) is 1. The van der Waals surface area contributed by atoms with Gasteiger partial charge in [-0.25, -0.2) is 4.79 Å². The summed E-state index contributed by atoms with van der Waals surface area (Å²) in [5.41, 5.74) is 3.23. The van der Waals surface area contributed by atoms with Gasteiger partial charge in [-0.05, 0) is 55.7 Å². The number of para-hydroxylation sites is 1. The molecule has 0 heterocycles. The first-order chi connectivity index (χ1) is 13.8. The summed E-state index contributed by atoms with van der Waals surface area (Å²) in [7, 11) is 1.50. The fraction of sp³-hybridized carbons (Fsp3) is 0.273. The number of ether oxygens (including phenoxy) is 3. The predicted molar refractivity (Wildman–Crippen MR) is 114 cm³/mol. The van der Waals surface area contributed by atoms with Crippen molar-refractivity contribution >= 4 is 35.2 Å². The van der Waals surface area contributed by atoms with E-state index >= 15 is 0 Å². The summed E-state index contributed by atoms with van der Waals surface area (Å²) in [6, 6.07) is 9.04. The van der Waals surface area contributed by atoms with Crippen LogP contribution in [0.1, 0.15) is 23.6 Å². The number of halogens is 1. The Morgan fingerprint density at radius 2 is 1.86 bits per heavy atom. The average molecular weight is 418 g/mol. The van der Waals surface area contributed by atoms with Gasteiger partial charge in [-0.1, -0.05) is 29.8 Å². The zero-order valence-corrected chi connectivity index (χ0v) is 17.6. The van der Waals surface area contributed by atoms with Crippen molar-refractivity contribution in [2.45, 2.75) is 20.8 Å². The van der Waals surface area contributed by atoms with Crippen LogP contribution in [0, 0.1) is 13.8 Å². The van der Waals surface area contributed by atoms with E-state index in [0.29, 0.717) is 28.7 Å². The Balaban J connectivity index is 1.97. The number of rotatable bonds is 8. The van der Waals surface area contributed by atoms with E-state index in [0.717, 1.165) is 16.8 Å². The molecule has 7 heteroatoms. The first-order valence-corrected chi connectivity index (χ1v) is 9.44. The van der Waals surface area contributed by atoms with Gasteiger partial charge in [0.25, 0.3) is 5.91 Å². The normalized spacial score (nSPS) is 10.7. The molecule has 1 amide bonds. The second-order valence-corrected chi connectivity index (χ2v) is 6.63. The number of methoxy groups -OCH3 is 1. The first kappa shape index (κ1) is 22.3. The lowest BCUT2D eigenvalue weighted by atomic mass is 10.1. The molecule has 2 rings (SSSR count). The number of carbonyl (C=O) groups is 2. The van der Waals surface area contributed by atoms with Gasteiger partial charge in [-0.3, -0.25) is 4.79 Å². The molecular formula is C22H24ClNO5. The van der Waals surface area contributed by atoms with Gasteiger partial charge in [0.1, 0.15) is 0 Å². The fourth-order valence-corrected chi connectivity index (χ4v) is 2.98. The maximum Gasteiger partial charge on any atom is 0.331 e. The molecule has 1 N–H and O–H groups in total. The summed E-state index contributed by atoms with van der Waals surface area (Å²) < 4.78 is 15.7. The number of carbonyl (C=O) groups excluding carboxylic acids is 2. The minimum atomic E-state index is -0.647. The van der Waals surface area contributed by atoms with E-state index in [9.17, 15) is 9.59 Å². The lowest BCUT2D eigenvalue weighted by molar-refractivity contribution is -0.142. The molecule has 0 fully saturated rings. The highest BCUT2D eigenvalue weighted by Gasteiger charge is 2.12. The molecule has 0 aliphatic carbocycles. The van der Waals surface area contributed by atoms with Gasteiger partial charge >= 0.3 is 5.97 Å². The van der Waals surface area contributed by atoms with Gasteiger partial charge in [-0.2, -0.15) is 0 Å². The van der Waals surface area contributed by atoms with Crippen molar-refractivity contribution in [2.75, 3.05) is 25.6 Å². The van der Waals surface area contributed by atoms with E-state index in [1.165, 1.54) is 19.3 Å². The topological polar surface area (TPSA) is 73.9 Å².